The lowest BCUT2D eigenvalue weighted by atomic mass is 10.1. The van der Waals surface area contributed by atoms with Crippen LogP contribution in [0, 0.1) is 0 Å². The second kappa shape index (κ2) is 9.32. The van der Waals surface area contributed by atoms with Crippen LogP contribution < -0.4 is 15.5 Å². The first kappa shape index (κ1) is 19.1. The van der Waals surface area contributed by atoms with E-state index < -0.39 is 0 Å². The summed E-state index contributed by atoms with van der Waals surface area (Å²) in [5.74, 6) is 0.595. The van der Waals surface area contributed by atoms with Crippen LogP contribution in [0.3, 0.4) is 0 Å². The van der Waals surface area contributed by atoms with Crippen LogP contribution in [0.5, 0.6) is 0 Å². The molecular formula is C21H29N5O2. The standard InChI is InChI=1S/C21H29N5O2/c1-16(28-19-6-9-22-10-7-19)20-8-11-23-21(25-20)24-17-2-4-18(5-3-17)26-12-14-27-15-13-26/h2-5,8,11,16,19,22H,6-7,9-10,12-15H2,1H3,(H,23,24,25). The first-order chi connectivity index (χ1) is 13.8. The summed E-state index contributed by atoms with van der Waals surface area (Å²) >= 11 is 0. The molecule has 2 aliphatic heterocycles. The lowest BCUT2D eigenvalue weighted by Crippen LogP contribution is -2.36. The summed E-state index contributed by atoms with van der Waals surface area (Å²) in [6, 6.07) is 10.3. The summed E-state index contributed by atoms with van der Waals surface area (Å²) < 4.78 is 11.6. The number of morpholine rings is 1. The van der Waals surface area contributed by atoms with Crippen molar-refractivity contribution in [3.05, 3.63) is 42.2 Å². The van der Waals surface area contributed by atoms with Gasteiger partial charge in [0, 0.05) is 30.7 Å². The molecule has 0 radical (unpaired) electrons. The van der Waals surface area contributed by atoms with Gasteiger partial charge < -0.3 is 25.0 Å². The third kappa shape index (κ3) is 4.98. The van der Waals surface area contributed by atoms with E-state index in [-0.39, 0.29) is 6.10 Å². The molecule has 2 fully saturated rings. The summed E-state index contributed by atoms with van der Waals surface area (Å²) in [6.45, 7) is 7.56. The maximum Gasteiger partial charge on any atom is 0.227 e. The van der Waals surface area contributed by atoms with Crippen molar-refractivity contribution >= 4 is 17.3 Å². The topological polar surface area (TPSA) is 71.5 Å². The van der Waals surface area contributed by atoms with Gasteiger partial charge in [0.1, 0.15) is 0 Å². The van der Waals surface area contributed by atoms with Gasteiger partial charge in [0.25, 0.3) is 0 Å². The van der Waals surface area contributed by atoms with Crippen LogP contribution in [0.25, 0.3) is 0 Å². The van der Waals surface area contributed by atoms with Crippen LogP contribution in [0.15, 0.2) is 36.5 Å². The fourth-order valence-corrected chi connectivity index (χ4v) is 3.66. The largest absolute Gasteiger partial charge is 0.378 e. The Hall–Kier alpha value is -2.22. The summed E-state index contributed by atoms with van der Waals surface area (Å²) in [4.78, 5) is 11.4. The molecule has 2 saturated heterocycles. The average Bonchev–Trinajstić information content (AvgIpc) is 2.76. The van der Waals surface area contributed by atoms with Crippen LogP contribution in [-0.4, -0.2) is 55.5 Å². The van der Waals surface area contributed by atoms with Crippen molar-refractivity contribution in [2.45, 2.75) is 32.0 Å². The zero-order valence-corrected chi connectivity index (χ0v) is 16.4. The molecule has 0 bridgehead atoms. The first-order valence-corrected chi connectivity index (χ1v) is 10.2. The first-order valence-electron chi connectivity index (χ1n) is 10.2. The number of benzene rings is 1. The molecule has 0 spiro atoms. The SMILES string of the molecule is CC(OC1CCNCC1)c1ccnc(Nc2ccc(N3CCOCC3)cc2)n1. The summed E-state index contributed by atoms with van der Waals surface area (Å²) in [5.41, 5.74) is 3.09. The second-order valence-corrected chi connectivity index (χ2v) is 7.30. The Morgan fingerprint density at radius 3 is 2.64 bits per heavy atom. The highest BCUT2D eigenvalue weighted by Crippen LogP contribution is 2.23. The van der Waals surface area contributed by atoms with Crippen molar-refractivity contribution < 1.29 is 9.47 Å². The molecule has 2 N–H and O–H groups in total. The van der Waals surface area contributed by atoms with Gasteiger partial charge in [-0.3, -0.25) is 0 Å². The van der Waals surface area contributed by atoms with Gasteiger partial charge in [0.15, 0.2) is 0 Å². The number of hydrogen-bond acceptors (Lipinski definition) is 7. The minimum Gasteiger partial charge on any atom is -0.378 e. The molecular weight excluding hydrogens is 354 g/mol. The lowest BCUT2D eigenvalue weighted by molar-refractivity contribution is -0.0205. The van der Waals surface area contributed by atoms with E-state index >= 15 is 0 Å². The Labute approximate surface area is 166 Å². The molecule has 7 nitrogen and oxygen atoms in total. The van der Waals surface area contributed by atoms with Gasteiger partial charge >= 0.3 is 0 Å². The molecule has 1 aromatic carbocycles. The minimum absolute atomic E-state index is 0.0460. The van der Waals surface area contributed by atoms with Crippen molar-refractivity contribution in [3.8, 4) is 0 Å². The van der Waals surface area contributed by atoms with Gasteiger partial charge in [-0.2, -0.15) is 0 Å². The van der Waals surface area contributed by atoms with E-state index in [0.29, 0.717) is 12.1 Å². The van der Waals surface area contributed by atoms with E-state index in [9.17, 15) is 0 Å². The predicted molar refractivity (Wildman–Crippen MR) is 110 cm³/mol. The number of aromatic nitrogens is 2. The number of nitrogens with zero attached hydrogens (tertiary/aromatic N) is 3. The highest BCUT2D eigenvalue weighted by atomic mass is 16.5. The van der Waals surface area contributed by atoms with Gasteiger partial charge in [0.2, 0.25) is 5.95 Å². The van der Waals surface area contributed by atoms with Crippen LogP contribution >= 0.6 is 0 Å². The van der Waals surface area contributed by atoms with Crippen molar-refractivity contribution in [2.24, 2.45) is 0 Å². The van der Waals surface area contributed by atoms with Crippen LogP contribution in [0.1, 0.15) is 31.6 Å². The number of anilines is 3. The lowest BCUT2D eigenvalue weighted by Gasteiger charge is -2.28. The Balaban J connectivity index is 1.37. The fraction of sp³-hybridized carbons (Fsp3) is 0.524. The molecule has 0 amide bonds. The van der Waals surface area contributed by atoms with Gasteiger partial charge in [-0.1, -0.05) is 0 Å². The van der Waals surface area contributed by atoms with Gasteiger partial charge in [-0.25, -0.2) is 9.97 Å². The van der Waals surface area contributed by atoms with Crippen LogP contribution in [0.2, 0.25) is 0 Å². The van der Waals surface area contributed by atoms with Crippen molar-refractivity contribution in [3.63, 3.8) is 0 Å². The number of piperidine rings is 1. The molecule has 1 unspecified atom stereocenters. The van der Waals surface area contributed by atoms with Crippen molar-refractivity contribution in [2.75, 3.05) is 49.6 Å². The zero-order chi connectivity index (χ0) is 19.2. The normalized spacial score (nSPS) is 19.4. The molecule has 4 rings (SSSR count). The third-order valence-electron chi connectivity index (χ3n) is 5.28. The molecule has 1 atom stereocenters. The molecule has 7 heteroatoms. The summed E-state index contributed by atoms with van der Waals surface area (Å²) in [5, 5.41) is 6.67. The van der Waals surface area contributed by atoms with E-state index in [0.717, 1.165) is 63.6 Å². The monoisotopic (exact) mass is 383 g/mol. The highest BCUT2D eigenvalue weighted by molar-refractivity contribution is 5.59. The Morgan fingerprint density at radius 1 is 1.14 bits per heavy atom. The second-order valence-electron chi connectivity index (χ2n) is 7.30. The molecule has 2 aromatic rings. The number of ether oxygens (including phenoxy) is 2. The molecule has 0 saturated carbocycles. The number of nitrogens with one attached hydrogen (secondary N) is 2. The van der Waals surface area contributed by atoms with Crippen LogP contribution in [0.4, 0.5) is 17.3 Å². The molecule has 3 heterocycles. The van der Waals surface area contributed by atoms with Gasteiger partial charge in [0.05, 0.1) is 31.1 Å². The Morgan fingerprint density at radius 2 is 1.89 bits per heavy atom. The van der Waals surface area contributed by atoms with E-state index in [2.05, 4.69) is 56.7 Å². The smallest absolute Gasteiger partial charge is 0.227 e. The fourth-order valence-electron chi connectivity index (χ4n) is 3.66. The van der Waals surface area contributed by atoms with E-state index in [1.54, 1.807) is 6.20 Å². The van der Waals surface area contributed by atoms with Crippen LogP contribution in [-0.2, 0) is 9.47 Å². The molecule has 0 aliphatic carbocycles. The highest BCUT2D eigenvalue weighted by Gasteiger charge is 2.18. The van der Waals surface area contributed by atoms with Crippen molar-refractivity contribution in [1.29, 1.82) is 0 Å². The number of rotatable bonds is 6. The van der Waals surface area contributed by atoms with Gasteiger partial charge in [-0.15, -0.1) is 0 Å². The minimum atomic E-state index is -0.0460. The maximum absolute atomic E-state index is 6.19. The number of hydrogen-bond donors (Lipinski definition) is 2. The quantitative estimate of drug-likeness (QED) is 0.795. The molecule has 150 valence electrons. The predicted octanol–water partition coefficient (Wildman–Crippen LogP) is 2.89. The third-order valence-corrected chi connectivity index (χ3v) is 5.28. The van der Waals surface area contributed by atoms with E-state index in [1.807, 2.05) is 6.07 Å². The maximum atomic E-state index is 6.19. The molecule has 1 aromatic heterocycles. The average molecular weight is 383 g/mol. The summed E-state index contributed by atoms with van der Waals surface area (Å²) in [6.07, 6.45) is 4.15. The molecule has 28 heavy (non-hydrogen) atoms. The zero-order valence-electron chi connectivity index (χ0n) is 16.4. The van der Waals surface area contributed by atoms with Crippen molar-refractivity contribution in [1.82, 2.24) is 15.3 Å². The summed E-state index contributed by atoms with van der Waals surface area (Å²) in [7, 11) is 0. The Bertz CT molecular complexity index is 743. The molecule has 2 aliphatic rings. The van der Waals surface area contributed by atoms with E-state index in [1.165, 1.54) is 5.69 Å². The van der Waals surface area contributed by atoms with E-state index in [4.69, 9.17) is 9.47 Å². The Kier molecular flexibility index (Phi) is 6.36. The van der Waals surface area contributed by atoms with Gasteiger partial charge in [-0.05, 0) is 63.2 Å².